The molecular weight excluding hydrogens is 226 g/mol. The lowest BCUT2D eigenvalue weighted by atomic mass is 10.2. The van der Waals surface area contributed by atoms with Crippen molar-refractivity contribution < 1.29 is 14.9 Å². The van der Waals surface area contributed by atoms with E-state index in [-0.39, 0.29) is 5.82 Å². The molecule has 0 unspecified atom stereocenters. The van der Waals surface area contributed by atoms with Gasteiger partial charge in [-0.25, -0.2) is 15.0 Å². The molecule has 0 aromatic carbocycles. The number of nitrogen functional groups attached to an aromatic ring is 1. The van der Waals surface area contributed by atoms with Crippen molar-refractivity contribution in [2.45, 2.75) is 5.72 Å². The number of fused-ring (bicyclic) bond motifs is 1. The van der Waals surface area contributed by atoms with Gasteiger partial charge in [0.15, 0.2) is 17.2 Å². The number of nitrogens with zero attached hydrogens (tertiary/aromatic N) is 4. The number of hydrogen-bond acceptors (Lipinski definition) is 7. The Balaban J connectivity index is 2.67. The smallest absolute Gasteiger partial charge is 0.193 e. The molecule has 0 aliphatic carbocycles. The fourth-order valence-electron chi connectivity index (χ4n) is 1.58. The summed E-state index contributed by atoms with van der Waals surface area (Å²) in [7, 11) is 1.38. The van der Waals surface area contributed by atoms with E-state index in [9.17, 15) is 10.2 Å². The molecule has 0 fully saturated rings. The van der Waals surface area contributed by atoms with E-state index in [1.165, 1.54) is 24.3 Å². The minimum Gasteiger partial charge on any atom is -0.391 e. The second-order valence-electron chi connectivity index (χ2n) is 3.51. The van der Waals surface area contributed by atoms with Crippen molar-refractivity contribution in [1.82, 2.24) is 19.5 Å². The van der Waals surface area contributed by atoms with Gasteiger partial charge < -0.3 is 20.7 Å². The van der Waals surface area contributed by atoms with Crippen molar-refractivity contribution in [3.8, 4) is 0 Å². The molecule has 17 heavy (non-hydrogen) atoms. The second kappa shape index (κ2) is 4.24. The van der Waals surface area contributed by atoms with Crippen LogP contribution in [0.2, 0.25) is 0 Å². The first-order chi connectivity index (χ1) is 8.18. The molecule has 2 rings (SSSR count). The van der Waals surface area contributed by atoms with E-state index < -0.39 is 18.9 Å². The molecule has 0 spiro atoms. The topological polar surface area (TPSA) is 119 Å². The van der Waals surface area contributed by atoms with Crippen molar-refractivity contribution in [2.75, 3.05) is 26.1 Å². The highest BCUT2D eigenvalue weighted by atomic mass is 16.5. The van der Waals surface area contributed by atoms with Crippen LogP contribution >= 0.6 is 0 Å². The van der Waals surface area contributed by atoms with E-state index in [1.54, 1.807) is 0 Å². The zero-order chi connectivity index (χ0) is 12.5. The molecular formula is C9H13N5O3. The highest BCUT2D eigenvalue weighted by Crippen LogP contribution is 2.23. The van der Waals surface area contributed by atoms with Gasteiger partial charge in [-0.2, -0.15) is 0 Å². The van der Waals surface area contributed by atoms with Gasteiger partial charge in [-0.15, -0.1) is 0 Å². The largest absolute Gasteiger partial charge is 0.391 e. The molecule has 8 heteroatoms. The zero-order valence-electron chi connectivity index (χ0n) is 9.24. The van der Waals surface area contributed by atoms with Crippen molar-refractivity contribution in [3.63, 3.8) is 0 Å². The molecule has 0 saturated heterocycles. The fourth-order valence-corrected chi connectivity index (χ4v) is 1.58. The van der Waals surface area contributed by atoms with Crippen LogP contribution in [0, 0.1) is 0 Å². The molecule has 0 saturated carbocycles. The van der Waals surface area contributed by atoms with Crippen LogP contribution in [0.4, 0.5) is 5.82 Å². The average Bonchev–Trinajstić information content (AvgIpc) is 2.79. The number of imidazole rings is 1. The zero-order valence-corrected chi connectivity index (χ0v) is 9.24. The average molecular weight is 239 g/mol. The number of nitrogens with two attached hydrogens (primary N) is 1. The minimum atomic E-state index is -1.31. The number of anilines is 1. The van der Waals surface area contributed by atoms with E-state index in [0.29, 0.717) is 11.2 Å². The molecule has 0 aliphatic rings. The summed E-state index contributed by atoms with van der Waals surface area (Å²) in [6.45, 7) is -0.843. The Morgan fingerprint density at radius 1 is 1.35 bits per heavy atom. The predicted molar refractivity (Wildman–Crippen MR) is 58.9 cm³/mol. The van der Waals surface area contributed by atoms with Crippen LogP contribution < -0.4 is 5.73 Å². The molecule has 92 valence electrons. The van der Waals surface area contributed by atoms with Gasteiger partial charge in [-0.1, -0.05) is 0 Å². The monoisotopic (exact) mass is 239 g/mol. The third-order valence-electron chi connectivity index (χ3n) is 2.67. The Morgan fingerprint density at radius 2 is 2.06 bits per heavy atom. The molecule has 2 aromatic heterocycles. The van der Waals surface area contributed by atoms with Crippen LogP contribution in [0.15, 0.2) is 12.7 Å². The third kappa shape index (κ3) is 1.62. The van der Waals surface area contributed by atoms with Crippen LogP contribution in [-0.4, -0.2) is 50.1 Å². The van der Waals surface area contributed by atoms with Crippen LogP contribution in [0.3, 0.4) is 0 Å². The quantitative estimate of drug-likeness (QED) is 0.606. The van der Waals surface area contributed by atoms with Gasteiger partial charge in [0.25, 0.3) is 0 Å². The summed E-state index contributed by atoms with van der Waals surface area (Å²) in [5, 5.41) is 18.7. The number of rotatable bonds is 4. The van der Waals surface area contributed by atoms with Gasteiger partial charge in [0.05, 0.1) is 19.5 Å². The molecule has 8 nitrogen and oxygen atoms in total. The highest BCUT2D eigenvalue weighted by molar-refractivity contribution is 5.81. The summed E-state index contributed by atoms with van der Waals surface area (Å²) in [6, 6.07) is 0. The summed E-state index contributed by atoms with van der Waals surface area (Å²) in [6.07, 6.45) is 2.68. The summed E-state index contributed by atoms with van der Waals surface area (Å²) < 4.78 is 6.58. The summed E-state index contributed by atoms with van der Waals surface area (Å²) >= 11 is 0. The molecule has 0 amide bonds. The van der Waals surface area contributed by atoms with E-state index >= 15 is 0 Å². The number of aliphatic hydroxyl groups excluding tert-OH is 2. The van der Waals surface area contributed by atoms with Gasteiger partial charge in [0.2, 0.25) is 0 Å². The maximum atomic E-state index is 9.37. The Kier molecular flexibility index (Phi) is 2.92. The van der Waals surface area contributed by atoms with Crippen LogP contribution in [-0.2, 0) is 10.5 Å². The molecule has 0 aliphatic heterocycles. The van der Waals surface area contributed by atoms with Gasteiger partial charge in [0.1, 0.15) is 11.8 Å². The van der Waals surface area contributed by atoms with Gasteiger partial charge in [0, 0.05) is 7.11 Å². The minimum absolute atomic E-state index is 0.231. The van der Waals surface area contributed by atoms with E-state index in [2.05, 4.69) is 15.0 Å². The maximum absolute atomic E-state index is 9.37. The highest BCUT2D eigenvalue weighted by Gasteiger charge is 2.32. The molecule has 2 heterocycles. The molecule has 0 bridgehead atoms. The lowest BCUT2D eigenvalue weighted by Gasteiger charge is -2.29. The lowest BCUT2D eigenvalue weighted by Crippen LogP contribution is -2.42. The van der Waals surface area contributed by atoms with E-state index in [1.807, 2.05) is 0 Å². The Bertz CT molecular complexity index is 514. The Hall–Kier alpha value is -1.77. The number of aromatic nitrogens is 4. The molecule has 0 radical (unpaired) electrons. The predicted octanol–water partition coefficient (Wildman–Crippen LogP) is -1.31. The van der Waals surface area contributed by atoms with Gasteiger partial charge in [-0.05, 0) is 0 Å². The van der Waals surface area contributed by atoms with Crippen molar-refractivity contribution >= 4 is 17.0 Å². The third-order valence-corrected chi connectivity index (χ3v) is 2.67. The number of aliphatic hydroxyl groups is 2. The summed E-state index contributed by atoms with van der Waals surface area (Å²) in [5.41, 5.74) is 5.12. The first-order valence-electron chi connectivity index (χ1n) is 4.89. The maximum Gasteiger partial charge on any atom is 0.193 e. The van der Waals surface area contributed by atoms with Crippen LogP contribution in [0.1, 0.15) is 0 Å². The normalized spacial score (nSPS) is 12.2. The van der Waals surface area contributed by atoms with Crippen LogP contribution in [0.5, 0.6) is 0 Å². The van der Waals surface area contributed by atoms with Crippen molar-refractivity contribution in [2.24, 2.45) is 0 Å². The standard InChI is InChI=1S/C9H13N5O3/c1-17-9(2-15,3-16)14-5-13-6-7(10)11-4-12-8(6)14/h4-5,15-16H,2-3H2,1H3,(H2,10,11,12). The number of ether oxygens (including phenoxy) is 1. The Morgan fingerprint density at radius 3 is 2.65 bits per heavy atom. The van der Waals surface area contributed by atoms with Gasteiger partial charge >= 0.3 is 0 Å². The fraction of sp³-hybridized carbons (Fsp3) is 0.444. The lowest BCUT2D eigenvalue weighted by molar-refractivity contribution is -0.141. The SMILES string of the molecule is COC(CO)(CO)n1cnc2c(N)ncnc21. The number of methoxy groups -OCH3 is 1. The van der Waals surface area contributed by atoms with Crippen molar-refractivity contribution in [1.29, 1.82) is 0 Å². The van der Waals surface area contributed by atoms with E-state index in [4.69, 9.17) is 10.5 Å². The second-order valence-corrected chi connectivity index (χ2v) is 3.51. The summed E-state index contributed by atoms with van der Waals surface area (Å²) in [5.74, 6) is 0.231. The number of hydrogen-bond donors (Lipinski definition) is 3. The summed E-state index contributed by atoms with van der Waals surface area (Å²) in [4.78, 5) is 11.9. The molecule has 4 N–H and O–H groups in total. The van der Waals surface area contributed by atoms with E-state index in [0.717, 1.165) is 0 Å². The van der Waals surface area contributed by atoms with Crippen LogP contribution in [0.25, 0.3) is 11.2 Å². The van der Waals surface area contributed by atoms with Crippen molar-refractivity contribution in [3.05, 3.63) is 12.7 Å². The Labute approximate surface area is 96.7 Å². The molecule has 2 aromatic rings. The molecule has 0 atom stereocenters. The van der Waals surface area contributed by atoms with Gasteiger partial charge in [-0.3, -0.25) is 4.57 Å². The first kappa shape index (κ1) is 11.7. The first-order valence-corrected chi connectivity index (χ1v) is 4.89.